The maximum atomic E-state index is 13.9. The van der Waals surface area contributed by atoms with Crippen molar-refractivity contribution in [3.63, 3.8) is 0 Å². The summed E-state index contributed by atoms with van der Waals surface area (Å²) in [7, 11) is 1.41. The minimum Gasteiger partial charge on any atom is -0.385 e. The second-order valence-corrected chi connectivity index (χ2v) is 4.66. The van der Waals surface area contributed by atoms with E-state index in [9.17, 15) is 18.7 Å². The van der Waals surface area contributed by atoms with Crippen molar-refractivity contribution in [1.29, 1.82) is 0 Å². The molecule has 1 aliphatic carbocycles. The Morgan fingerprint density at radius 1 is 1.65 bits per heavy atom. The van der Waals surface area contributed by atoms with E-state index in [2.05, 4.69) is 21.2 Å². The molecule has 0 heterocycles. The van der Waals surface area contributed by atoms with Crippen LogP contribution in [-0.4, -0.2) is 24.2 Å². The van der Waals surface area contributed by atoms with Crippen LogP contribution in [0.3, 0.4) is 0 Å². The molecule has 2 unspecified atom stereocenters. The van der Waals surface area contributed by atoms with E-state index >= 15 is 0 Å². The third-order valence-electron chi connectivity index (χ3n) is 2.87. The number of amides is 1. The average molecular weight is 306 g/mol. The number of nitrogens with one attached hydrogen (secondary N) is 1. The lowest BCUT2D eigenvalue weighted by atomic mass is 10.0. The molecule has 92 valence electrons. The van der Waals surface area contributed by atoms with E-state index in [0.717, 1.165) is 0 Å². The summed E-state index contributed by atoms with van der Waals surface area (Å²) in [6.45, 7) is 0. The Morgan fingerprint density at radius 2 is 2.29 bits per heavy atom. The van der Waals surface area contributed by atoms with Gasteiger partial charge in [0.05, 0.1) is 10.0 Å². The highest BCUT2D eigenvalue weighted by Crippen LogP contribution is 2.39. The van der Waals surface area contributed by atoms with Crippen LogP contribution in [-0.2, 0) is 6.42 Å². The van der Waals surface area contributed by atoms with Gasteiger partial charge in [0.1, 0.15) is 18.1 Å². The fourth-order valence-corrected chi connectivity index (χ4v) is 2.49. The second-order valence-electron chi connectivity index (χ2n) is 3.86. The normalized spacial score (nSPS) is 22.4. The molecule has 0 fully saturated rings. The monoisotopic (exact) mass is 305 g/mol. The summed E-state index contributed by atoms with van der Waals surface area (Å²) in [4.78, 5) is 11.5. The summed E-state index contributed by atoms with van der Waals surface area (Å²) in [5.41, 5.74) is 0.332. The number of carbonyl (C=O) groups excluding carboxylic acids is 1. The van der Waals surface area contributed by atoms with Gasteiger partial charge in [0.15, 0.2) is 0 Å². The molecular formula is C11H10BrF2NO2. The van der Waals surface area contributed by atoms with Gasteiger partial charge in [-0.1, -0.05) is 0 Å². The first-order valence-corrected chi connectivity index (χ1v) is 5.81. The molecule has 1 amide bonds. The molecule has 2 N–H and O–H groups in total. The lowest BCUT2D eigenvalue weighted by molar-refractivity contribution is 0.0920. The summed E-state index contributed by atoms with van der Waals surface area (Å²) >= 11 is 2.98. The standard InChI is InChI=1S/C11H10BrF2NO2/c1-15-11(17)6-2-5-4(9(14)8(6)12)3-7(13)10(5)16/h2,7,10,16H,3H2,1H3,(H,15,17). The largest absolute Gasteiger partial charge is 0.385 e. The number of alkyl halides is 1. The molecule has 0 bridgehead atoms. The Balaban J connectivity index is 2.61. The van der Waals surface area contributed by atoms with Crippen molar-refractivity contribution in [1.82, 2.24) is 5.32 Å². The van der Waals surface area contributed by atoms with Crippen molar-refractivity contribution in [2.75, 3.05) is 7.05 Å². The van der Waals surface area contributed by atoms with Gasteiger partial charge in [-0.25, -0.2) is 8.78 Å². The zero-order valence-electron chi connectivity index (χ0n) is 8.93. The Bertz CT molecular complexity index is 493. The molecule has 2 atom stereocenters. The molecule has 0 aliphatic heterocycles. The quantitative estimate of drug-likeness (QED) is 0.832. The van der Waals surface area contributed by atoms with Gasteiger partial charge in [0, 0.05) is 13.5 Å². The maximum Gasteiger partial charge on any atom is 0.252 e. The van der Waals surface area contributed by atoms with Gasteiger partial charge >= 0.3 is 0 Å². The van der Waals surface area contributed by atoms with Crippen LogP contribution in [0.15, 0.2) is 10.5 Å². The summed E-state index contributed by atoms with van der Waals surface area (Å²) < 4.78 is 27.2. The van der Waals surface area contributed by atoms with E-state index in [1.807, 2.05) is 0 Å². The second kappa shape index (κ2) is 4.34. The predicted molar refractivity (Wildman–Crippen MR) is 61.1 cm³/mol. The molecule has 0 saturated heterocycles. The number of fused-ring (bicyclic) bond motifs is 1. The SMILES string of the molecule is CNC(=O)c1cc2c(c(F)c1Br)CC(F)C2O. The van der Waals surface area contributed by atoms with Crippen LogP contribution >= 0.6 is 15.9 Å². The number of carbonyl (C=O) groups is 1. The predicted octanol–water partition coefficient (Wildman–Crippen LogP) is 1.88. The molecule has 3 nitrogen and oxygen atoms in total. The Labute approximate surface area is 105 Å². The number of hydrogen-bond acceptors (Lipinski definition) is 2. The van der Waals surface area contributed by atoms with Crippen molar-refractivity contribution < 1.29 is 18.7 Å². The fraction of sp³-hybridized carbons (Fsp3) is 0.364. The third kappa shape index (κ3) is 1.85. The van der Waals surface area contributed by atoms with Gasteiger partial charge in [0.25, 0.3) is 5.91 Å². The van der Waals surface area contributed by atoms with Crippen LogP contribution < -0.4 is 5.32 Å². The number of rotatable bonds is 1. The van der Waals surface area contributed by atoms with Crippen LogP contribution in [0.4, 0.5) is 8.78 Å². The van der Waals surface area contributed by atoms with Crippen LogP contribution in [0.5, 0.6) is 0 Å². The summed E-state index contributed by atoms with van der Waals surface area (Å²) in [5.74, 6) is -1.17. The van der Waals surface area contributed by atoms with Crippen molar-refractivity contribution in [3.05, 3.63) is 33.0 Å². The van der Waals surface area contributed by atoms with Gasteiger partial charge in [-0.3, -0.25) is 4.79 Å². The minimum absolute atomic E-state index is 0.00287. The van der Waals surface area contributed by atoms with Crippen molar-refractivity contribution >= 4 is 21.8 Å². The molecule has 0 aromatic heterocycles. The van der Waals surface area contributed by atoms with E-state index in [1.165, 1.54) is 13.1 Å². The van der Waals surface area contributed by atoms with Crippen LogP contribution in [0, 0.1) is 5.82 Å². The minimum atomic E-state index is -1.52. The Morgan fingerprint density at radius 3 is 2.88 bits per heavy atom. The van der Waals surface area contributed by atoms with Gasteiger partial charge in [0.2, 0.25) is 0 Å². The van der Waals surface area contributed by atoms with Crippen LogP contribution in [0.2, 0.25) is 0 Å². The molecule has 0 radical (unpaired) electrons. The summed E-state index contributed by atoms with van der Waals surface area (Å²) in [5, 5.41) is 11.9. The molecule has 1 aromatic carbocycles. The first-order chi connectivity index (χ1) is 7.97. The fourth-order valence-electron chi connectivity index (χ4n) is 1.96. The molecule has 1 aliphatic rings. The Kier molecular flexibility index (Phi) is 3.18. The highest BCUT2D eigenvalue weighted by atomic mass is 79.9. The summed E-state index contributed by atoms with van der Waals surface area (Å²) in [6, 6.07) is 1.32. The zero-order valence-corrected chi connectivity index (χ0v) is 10.5. The highest BCUT2D eigenvalue weighted by Gasteiger charge is 2.35. The highest BCUT2D eigenvalue weighted by molar-refractivity contribution is 9.10. The molecule has 1 aromatic rings. The molecule has 17 heavy (non-hydrogen) atoms. The number of aliphatic hydroxyl groups excluding tert-OH is 1. The number of benzene rings is 1. The molecule has 6 heteroatoms. The molecule has 0 spiro atoms. The first-order valence-electron chi connectivity index (χ1n) is 5.02. The number of aliphatic hydroxyl groups is 1. The molecular weight excluding hydrogens is 296 g/mol. The van der Waals surface area contributed by atoms with E-state index in [4.69, 9.17) is 0 Å². The maximum absolute atomic E-state index is 13.9. The van der Waals surface area contributed by atoms with Crippen LogP contribution in [0.1, 0.15) is 27.6 Å². The van der Waals surface area contributed by atoms with Gasteiger partial charge in [-0.2, -0.15) is 0 Å². The topological polar surface area (TPSA) is 49.3 Å². The molecule has 2 rings (SSSR count). The van der Waals surface area contributed by atoms with Crippen molar-refractivity contribution in [3.8, 4) is 0 Å². The number of hydrogen-bond donors (Lipinski definition) is 2. The lowest BCUT2D eigenvalue weighted by Gasteiger charge is -2.10. The summed E-state index contributed by atoms with van der Waals surface area (Å²) in [6.07, 6.45) is -3.06. The van der Waals surface area contributed by atoms with Crippen LogP contribution in [0.25, 0.3) is 0 Å². The smallest absolute Gasteiger partial charge is 0.252 e. The molecule has 0 saturated carbocycles. The zero-order chi connectivity index (χ0) is 12.7. The third-order valence-corrected chi connectivity index (χ3v) is 3.65. The van der Waals surface area contributed by atoms with Gasteiger partial charge < -0.3 is 10.4 Å². The Hall–Kier alpha value is -1.01. The first kappa shape index (κ1) is 12.4. The van der Waals surface area contributed by atoms with E-state index in [0.29, 0.717) is 0 Å². The van der Waals surface area contributed by atoms with Gasteiger partial charge in [-0.05, 0) is 33.1 Å². The van der Waals surface area contributed by atoms with Crippen molar-refractivity contribution in [2.45, 2.75) is 18.7 Å². The van der Waals surface area contributed by atoms with E-state index in [-0.39, 0.29) is 27.6 Å². The number of halogens is 3. The van der Waals surface area contributed by atoms with E-state index < -0.39 is 24.0 Å². The van der Waals surface area contributed by atoms with Gasteiger partial charge in [-0.15, -0.1) is 0 Å². The van der Waals surface area contributed by atoms with E-state index in [1.54, 1.807) is 0 Å². The van der Waals surface area contributed by atoms with Crippen molar-refractivity contribution in [2.24, 2.45) is 0 Å². The lowest BCUT2D eigenvalue weighted by Crippen LogP contribution is -2.19. The average Bonchev–Trinajstić information content (AvgIpc) is 2.60.